The maximum absolute atomic E-state index is 5.85. The molecule has 0 saturated heterocycles. The zero-order chi connectivity index (χ0) is 12.3. The van der Waals surface area contributed by atoms with E-state index in [4.69, 9.17) is 5.73 Å². The number of hydrogen-bond donors (Lipinski definition) is 1. The molecule has 0 aliphatic rings. The van der Waals surface area contributed by atoms with Crippen LogP contribution in [0.4, 0.5) is 5.69 Å². The third-order valence-electron chi connectivity index (χ3n) is 2.52. The lowest BCUT2D eigenvalue weighted by Gasteiger charge is -2.07. The Balaban J connectivity index is 2.07. The fourth-order valence-electron chi connectivity index (χ4n) is 1.51. The van der Waals surface area contributed by atoms with E-state index in [-0.39, 0.29) is 0 Å². The van der Waals surface area contributed by atoms with Gasteiger partial charge < -0.3 is 5.73 Å². The van der Waals surface area contributed by atoms with Crippen molar-refractivity contribution in [1.29, 1.82) is 0 Å². The predicted molar refractivity (Wildman–Crippen MR) is 79.3 cm³/mol. The smallest absolute Gasteiger partial charge is 0.0461 e. The zero-order valence-corrected chi connectivity index (χ0v) is 12.0. The maximum Gasteiger partial charge on any atom is 0.0461 e. The first-order valence-electron chi connectivity index (χ1n) is 5.39. The van der Waals surface area contributed by atoms with Crippen molar-refractivity contribution in [2.24, 2.45) is 0 Å². The van der Waals surface area contributed by atoms with E-state index in [9.17, 15) is 0 Å². The number of nitrogens with two attached hydrogens (primary N) is 1. The van der Waals surface area contributed by atoms with E-state index >= 15 is 0 Å². The third-order valence-corrected chi connectivity index (χ3v) is 4.55. The van der Waals surface area contributed by atoms with Crippen LogP contribution in [0.3, 0.4) is 0 Å². The SMILES string of the molecule is Cc1ccc(SCc2cccc(N)c2Br)cc1. The van der Waals surface area contributed by atoms with Gasteiger partial charge in [0.2, 0.25) is 0 Å². The van der Waals surface area contributed by atoms with Crippen LogP contribution in [0.1, 0.15) is 11.1 Å². The predicted octanol–water partition coefficient (Wildman–Crippen LogP) is 4.63. The molecule has 2 aromatic rings. The highest BCUT2D eigenvalue weighted by Crippen LogP contribution is 2.30. The first-order chi connectivity index (χ1) is 8.16. The maximum atomic E-state index is 5.85. The highest BCUT2D eigenvalue weighted by Gasteiger charge is 2.03. The molecule has 0 atom stereocenters. The largest absolute Gasteiger partial charge is 0.398 e. The Bertz CT molecular complexity index is 508. The van der Waals surface area contributed by atoms with E-state index in [0.717, 1.165) is 15.9 Å². The lowest BCUT2D eigenvalue weighted by atomic mass is 10.2. The minimum atomic E-state index is 0.798. The summed E-state index contributed by atoms with van der Waals surface area (Å²) >= 11 is 5.35. The molecule has 88 valence electrons. The molecule has 0 spiro atoms. The second-order valence-corrected chi connectivity index (χ2v) is 5.76. The Kier molecular flexibility index (Phi) is 4.13. The quantitative estimate of drug-likeness (QED) is 0.661. The van der Waals surface area contributed by atoms with Gasteiger partial charge in [0, 0.05) is 20.8 Å². The van der Waals surface area contributed by atoms with Gasteiger partial charge in [0.15, 0.2) is 0 Å². The molecular weight excluding hydrogens is 294 g/mol. The molecule has 17 heavy (non-hydrogen) atoms. The molecule has 0 aromatic heterocycles. The van der Waals surface area contributed by atoms with Crippen molar-refractivity contribution in [1.82, 2.24) is 0 Å². The molecule has 1 nitrogen and oxygen atoms in total. The summed E-state index contributed by atoms with van der Waals surface area (Å²) in [6.45, 7) is 2.10. The van der Waals surface area contributed by atoms with E-state index in [2.05, 4.69) is 53.2 Å². The minimum Gasteiger partial charge on any atom is -0.398 e. The second-order valence-electron chi connectivity index (χ2n) is 3.92. The van der Waals surface area contributed by atoms with Crippen LogP contribution >= 0.6 is 27.7 Å². The van der Waals surface area contributed by atoms with Gasteiger partial charge in [0.05, 0.1) is 0 Å². The summed E-state index contributed by atoms with van der Waals surface area (Å²) in [6, 6.07) is 14.6. The van der Waals surface area contributed by atoms with E-state index in [1.807, 2.05) is 23.9 Å². The molecule has 2 rings (SSSR count). The summed E-state index contributed by atoms with van der Waals surface area (Å²) < 4.78 is 1.01. The van der Waals surface area contributed by atoms with Crippen LogP contribution in [0.2, 0.25) is 0 Å². The first kappa shape index (κ1) is 12.5. The van der Waals surface area contributed by atoms with Crippen LogP contribution < -0.4 is 5.73 Å². The van der Waals surface area contributed by atoms with Crippen LogP contribution in [-0.2, 0) is 5.75 Å². The van der Waals surface area contributed by atoms with Crippen LogP contribution in [0.25, 0.3) is 0 Å². The Morgan fingerprint density at radius 3 is 2.53 bits per heavy atom. The average Bonchev–Trinajstić information content (AvgIpc) is 2.33. The van der Waals surface area contributed by atoms with Crippen molar-refractivity contribution in [2.75, 3.05) is 5.73 Å². The zero-order valence-electron chi connectivity index (χ0n) is 9.61. The molecule has 0 bridgehead atoms. The molecule has 0 unspecified atom stereocenters. The number of anilines is 1. The van der Waals surface area contributed by atoms with Gasteiger partial charge in [0.25, 0.3) is 0 Å². The van der Waals surface area contributed by atoms with Gasteiger partial charge in [-0.05, 0) is 46.6 Å². The third kappa shape index (κ3) is 3.27. The summed E-state index contributed by atoms with van der Waals surface area (Å²) in [5.74, 6) is 0.925. The van der Waals surface area contributed by atoms with Gasteiger partial charge in [-0.1, -0.05) is 29.8 Å². The van der Waals surface area contributed by atoms with Crippen molar-refractivity contribution in [3.63, 3.8) is 0 Å². The van der Waals surface area contributed by atoms with Crippen LogP contribution in [0, 0.1) is 6.92 Å². The van der Waals surface area contributed by atoms with Crippen molar-refractivity contribution >= 4 is 33.4 Å². The topological polar surface area (TPSA) is 26.0 Å². The summed E-state index contributed by atoms with van der Waals surface area (Å²) in [7, 11) is 0. The molecule has 0 fully saturated rings. The average molecular weight is 308 g/mol. The summed E-state index contributed by atoms with van der Waals surface area (Å²) in [6.07, 6.45) is 0. The molecule has 0 amide bonds. The number of benzene rings is 2. The molecule has 0 saturated carbocycles. The Labute approximate surface area is 115 Å². The lowest BCUT2D eigenvalue weighted by Crippen LogP contribution is -1.90. The number of rotatable bonds is 3. The summed E-state index contributed by atoms with van der Waals surface area (Å²) in [5.41, 5.74) is 9.17. The fourth-order valence-corrected chi connectivity index (χ4v) is 2.99. The number of halogens is 1. The van der Waals surface area contributed by atoms with E-state index in [0.29, 0.717) is 0 Å². The highest BCUT2D eigenvalue weighted by molar-refractivity contribution is 9.10. The van der Waals surface area contributed by atoms with Crippen molar-refractivity contribution < 1.29 is 0 Å². The van der Waals surface area contributed by atoms with Gasteiger partial charge in [-0.25, -0.2) is 0 Å². The van der Waals surface area contributed by atoms with Gasteiger partial charge in [-0.15, -0.1) is 11.8 Å². The number of nitrogen functional groups attached to an aromatic ring is 1. The first-order valence-corrected chi connectivity index (χ1v) is 7.17. The molecule has 3 heteroatoms. The van der Waals surface area contributed by atoms with Gasteiger partial charge in [-0.3, -0.25) is 0 Å². The van der Waals surface area contributed by atoms with Crippen LogP contribution in [0.15, 0.2) is 51.8 Å². The highest BCUT2D eigenvalue weighted by atomic mass is 79.9. The summed E-state index contributed by atoms with van der Waals surface area (Å²) in [4.78, 5) is 1.28. The monoisotopic (exact) mass is 307 g/mol. The fraction of sp³-hybridized carbons (Fsp3) is 0.143. The van der Waals surface area contributed by atoms with Gasteiger partial charge in [-0.2, -0.15) is 0 Å². The molecule has 2 aromatic carbocycles. The minimum absolute atomic E-state index is 0.798. The van der Waals surface area contributed by atoms with Crippen molar-refractivity contribution in [3.05, 3.63) is 58.1 Å². The lowest BCUT2D eigenvalue weighted by molar-refractivity contribution is 1.34. The van der Waals surface area contributed by atoms with Gasteiger partial charge in [0.1, 0.15) is 0 Å². The number of aryl methyl sites for hydroxylation is 1. The standard InChI is InChI=1S/C14H14BrNS/c1-10-5-7-12(8-6-10)17-9-11-3-2-4-13(16)14(11)15/h2-8H,9,16H2,1H3. The molecule has 0 aliphatic carbocycles. The normalized spacial score (nSPS) is 10.5. The molecule has 0 aliphatic heterocycles. The van der Waals surface area contributed by atoms with E-state index in [1.165, 1.54) is 16.0 Å². The Hall–Kier alpha value is -0.930. The number of thioether (sulfide) groups is 1. The van der Waals surface area contributed by atoms with E-state index in [1.54, 1.807) is 0 Å². The van der Waals surface area contributed by atoms with Crippen LogP contribution in [0.5, 0.6) is 0 Å². The second kappa shape index (κ2) is 5.61. The Morgan fingerprint density at radius 1 is 1.12 bits per heavy atom. The molecule has 2 N–H and O–H groups in total. The Morgan fingerprint density at radius 2 is 1.82 bits per heavy atom. The summed E-state index contributed by atoms with van der Waals surface area (Å²) in [5, 5.41) is 0. The molecule has 0 radical (unpaired) electrons. The van der Waals surface area contributed by atoms with Crippen molar-refractivity contribution in [3.8, 4) is 0 Å². The van der Waals surface area contributed by atoms with Crippen LogP contribution in [-0.4, -0.2) is 0 Å². The molecule has 0 heterocycles. The molecular formula is C14H14BrNS. The van der Waals surface area contributed by atoms with Gasteiger partial charge >= 0.3 is 0 Å². The number of hydrogen-bond acceptors (Lipinski definition) is 2. The van der Waals surface area contributed by atoms with Crippen molar-refractivity contribution in [2.45, 2.75) is 17.6 Å². The van der Waals surface area contributed by atoms with E-state index < -0.39 is 0 Å².